The van der Waals surface area contributed by atoms with Crippen LogP contribution in [0.2, 0.25) is 6.82 Å². The summed E-state index contributed by atoms with van der Waals surface area (Å²) in [5, 5.41) is 0. The molecule has 2 rings (SSSR count). The van der Waals surface area contributed by atoms with Gasteiger partial charge in [-0.15, -0.1) is 0 Å². The fourth-order valence-corrected chi connectivity index (χ4v) is 2.07. The molecule has 0 saturated carbocycles. The van der Waals surface area contributed by atoms with E-state index in [0.717, 1.165) is 43.5 Å². The van der Waals surface area contributed by atoms with Crippen molar-refractivity contribution in [3.63, 3.8) is 0 Å². The predicted octanol–water partition coefficient (Wildman–Crippen LogP) is 0.883. The van der Waals surface area contributed by atoms with Gasteiger partial charge in [-0.1, -0.05) is 6.82 Å². The minimum absolute atomic E-state index is 0.861. The van der Waals surface area contributed by atoms with Crippen LogP contribution in [0, 0.1) is 13.8 Å². The smallest absolute Gasteiger partial charge is 0.205 e. The molecule has 1 saturated heterocycles. The third-order valence-electron chi connectivity index (χ3n) is 2.96. The highest BCUT2D eigenvalue weighted by molar-refractivity contribution is 6.29. The van der Waals surface area contributed by atoms with Gasteiger partial charge in [0.2, 0.25) is 7.41 Å². The highest BCUT2D eigenvalue weighted by atomic mass is 15.3. The monoisotopic (exact) mass is 217 g/mol. The Morgan fingerprint density at radius 1 is 1.12 bits per heavy atom. The maximum atomic E-state index is 4.49. The molecule has 0 bridgehead atoms. The summed E-state index contributed by atoms with van der Waals surface area (Å²) >= 11 is 0. The SMILES string of the molecule is C[B]N1CCN(c2cc(C)nc(C)n2)CC1. The van der Waals surface area contributed by atoms with E-state index in [4.69, 9.17) is 0 Å². The highest BCUT2D eigenvalue weighted by Gasteiger charge is 2.17. The highest BCUT2D eigenvalue weighted by Crippen LogP contribution is 2.14. The van der Waals surface area contributed by atoms with Crippen molar-refractivity contribution in [3.8, 4) is 0 Å². The van der Waals surface area contributed by atoms with Crippen molar-refractivity contribution in [1.82, 2.24) is 14.8 Å². The van der Waals surface area contributed by atoms with Gasteiger partial charge in [0.1, 0.15) is 11.6 Å². The number of hydrogen-bond donors (Lipinski definition) is 0. The molecule has 16 heavy (non-hydrogen) atoms. The number of hydrogen-bond acceptors (Lipinski definition) is 4. The summed E-state index contributed by atoms with van der Waals surface area (Å²) < 4.78 is 0. The van der Waals surface area contributed by atoms with Gasteiger partial charge in [0.05, 0.1) is 0 Å². The van der Waals surface area contributed by atoms with E-state index in [1.165, 1.54) is 0 Å². The fourth-order valence-electron chi connectivity index (χ4n) is 2.07. The number of aryl methyl sites for hydroxylation is 2. The van der Waals surface area contributed by atoms with Crippen molar-refractivity contribution in [3.05, 3.63) is 17.6 Å². The molecule has 1 aliphatic rings. The molecule has 0 spiro atoms. The quantitative estimate of drug-likeness (QED) is 0.688. The van der Waals surface area contributed by atoms with Crippen LogP contribution in [0.1, 0.15) is 11.5 Å². The molecule has 4 nitrogen and oxygen atoms in total. The van der Waals surface area contributed by atoms with E-state index < -0.39 is 0 Å². The summed E-state index contributed by atoms with van der Waals surface area (Å²) in [6.45, 7) is 10.3. The molecule has 0 aromatic carbocycles. The molecule has 1 radical (unpaired) electrons. The van der Waals surface area contributed by atoms with Crippen molar-refractivity contribution >= 4 is 13.2 Å². The normalized spacial score (nSPS) is 17.6. The number of piperazine rings is 1. The van der Waals surface area contributed by atoms with E-state index in [1.807, 2.05) is 13.8 Å². The Labute approximate surface area is 97.9 Å². The second kappa shape index (κ2) is 4.83. The Bertz CT molecular complexity index is 341. The lowest BCUT2D eigenvalue weighted by Crippen LogP contribution is -2.47. The Balaban J connectivity index is 2.08. The van der Waals surface area contributed by atoms with Crippen molar-refractivity contribution in [2.45, 2.75) is 20.7 Å². The average Bonchev–Trinajstić information content (AvgIpc) is 2.28. The van der Waals surface area contributed by atoms with Crippen LogP contribution >= 0.6 is 0 Å². The molecule has 1 aromatic heterocycles. The van der Waals surface area contributed by atoms with E-state index in [2.05, 4.69) is 40.0 Å². The van der Waals surface area contributed by atoms with Crippen LogP contribution < -0.4 is 4.90 Å². The lowest BCUT2D eigenvalue weighted by molar-refractivity contribution is 0.406. The van der Waals surface area contributed by atoms with Gasteiger partial charge in [0, 0.05) is 37.9 Å². The maximum absolute atomic E-state index is 4.49. The summed E-state index contributed by atoms with van der Waals surface area (Å²) in [5.41, 5.74) is 1.05. The van der Waals surface area contributed by atoms with Crippen molar-refractivity contribution in [1.29, 1.82) is 0 Å². The van der Waals surface area contributed by atoms with Crippen LogP contribution in [-0.4, -0.2) is 48.4 Å². The number of aromatic nitrogens is 2. The summed E-state index contributed by atoms with van der Waals surface area (Å²) in [6.07, 6.45) is 0. The Kier molecular flexibility index (Phi) is 3.44. The molecule has 0 amide bonds. The first-order chi connectivity index (χ1) is 7.69. The Morgan fingerprint density at radius 2 is 1.81 bits per heavy atom. The van der Waals surface area contributed by atoms with Gasteiger partial charge in [-0.25, -0.2) is 9.97 Å². The topological polar surface area (TPSA) is 32.3 Å². The van der Waals surface area contributed by atoms with Gasteiger partial charge >= 0.3 is 0 Å². The fraction of sp³-hybridized carbons (Fsp3) is 0.636. The summed E-state index contributed by atoms with van der Waals surface area (Å²) in [4.78, 5) is 13.5. The lowest BCUT2D eigenvalue weighted by Gasteiger charge is -2.35. The third-order valence-corrected chi connectivity index (χ3v) is 2.96. The van der Waals surface area contributed by atoms with Gasteiger partial charge in [0.25, 0.3) is 0 Å². The molecule has 1 fully saturated rings. The lowest BCUT2D eigenvalue weighted by atomic mass is 9.95. The molecule has 5 heteroatoms. The minimum Gasteiger partial charge on any atom is -0.354 e. The molecule has 0 unspecified atom stereocenters. The van der Waals surface area contributed by atoms with E-state index in [0.29, 0.717) is 0 Å². The molecule has 0 aliphatic carbocycles. The predicted molar refractivity (Wildman–Crippen MR) is 66.9 cm³/mol. The van der Waals surface area contributed by atoms with Gasteiger partial charge in [0.15, 0.2) is 0 Å². The molecule has 1 aromatic rings. The van der Waals surface area contributed by atoms with Gasteiger partial charge in [-0.2, -0.15) is 0 Å². The van der Waals surface area contributed by atoms with E-state index >= 15 is 0 Å². The first-order valence-corrected chi connectivity index (χ1v) is 5.80. The van der Waals surface area contributed by atoms with Crippen LogP contribution in [0.15, 0.2) is 6.07 Å². The summed E-state index contributed by atoms with van der Waals surface area (Å²) in [7, 11) is 2.16. The maximum Gasteiger partial charge on any atom is 0.205 e. The largest absolute Gasteiger partial charge is 0.354 e. The number of rotatable bonds is 2. The van der Waals surface area contributed by atoms with Crippen molar-refractivity contribution in [2.24, 2.45) is 0 Å². The van der Waals surface area contributed by atoms with Crippen LogP contribution in [0.25, 0.3) is 0 Å². The standard InChI is InChI=1S/C11H18BN4/c1-9-8-11(14-10(2)13-9)15-4-6-16(12-3)7-5-15/h8H,4-7H2,1-3H3. The van der Waals surface area contributed by atoms with E-state index in [9.17, 15) is 0 Å². The third kappa shape index (κ3) is 2.53. The molecule has 85 valence electrons. The van der Waals surface area contributed by atoms with Gasteiger partial charge in [-0.05, 0) is 13.8 Å². The zero-order chi connectivity index (χ0) is 11.5. The molecule has 0 atom stereocenters. The number of nitrogens with zero attached hydrogens (tertiary/aromatic N) is 4. The van der Waals surface area contributed by atoms with Crippen molar-refractivity contribution in [2.75, 3.05) is 31.1 Å². The van der Waals surface area contributed by atoms with Crippen LogP contribution in [0.3, 0.4) is 0 Å². The van der Waals surface area contributed by atoms with Crippen LogP contribution in [0.5, 0.6) is 0 Å². The van der Waals surface area contributed by atoms with E-state index in [-0.39, 0.29) is 0 Å². The first kappa shape index (κ1) is 11.4. The van der Waals surface area contributed by atoms with E-state index in [1.54, 1.807) is 0 Å². The second-order valence-corrected chi connectivity index (χ2v) is 4.20. The minimum atomic E-state index is 0.861. The second-order valence-electron chi connectivity index (χ2n) is 4.20. The molecule has 0 N–H and O–H groups in total. The summed E-state index contributed by atoms with van der Waals surface area (Å²) in [5.74, 6) is 1.93. The molecular weight excluding hydrogens is 199 g/mol. The molecular formula is C11H18BN4. The van der Waals surface area contributed by atoms with Gasteiger partial charge in [-0.3, -0.25) is 0 Å². The molecule has 2 heterocycles. The van der Waals surface area contributed by atoms with Crippen LogP contribution in [-0.2, 0) is 0 Å². The van der Waals surface area contributed by atoms with Gasteiger partial charge < -0.3 is 9.71 Å². The van der Waals surface area contributed by atoms with Crippen LogP contribution in [0.4, 0.5) is 5.82 Å². The van der Waals surface area contributed by atoms with Crippen molar-refractivity contribution < 1.29 is 0 Å². The summed E-state index contributed by atoms with van der Waals surface area (Å²) in [6, 6.07) is 2.07. The average molecular weight is 217 g/mol. The zero-order valence-corrected chi connectivity index (χ0v) is 10.3. The molecule has 1 aliphatic heterocycles. The Hall–Kier alpha value is -1.10. The first-order valence-electron chi connectivity index (χ1n) is 5.80. The zero-order valence-electron chi connectivity index (χ0n) is 10.3. The number of anilines is 1. The Morgan fingerprint density at radius 3 is 2.38 bits per heavy atom.